The first-order chi connectivity index (χ1) is 14.7. The molecule has 6 heteroatoms. The molecule has 1 N–H and O–H groups in total. The highest BCUT2D eigenvalue weighted by atomic mass is 79.9. The largest absolute Gasteiger partial charge is 0.347 e. The minimum Gasteiger partial charge on any atom is -0.347 e. The van der Waals surface area contributed by atoms with Crippen LogP contribution in [0.25, 0.3) is 0 Å². The van der Waals surface area contributed by atoms with Crippen molar-refractivity contribution in [2.75, 3.05) is 7.05 Å². The van der Waals surface area contributed by atoms with E-state index in [1.54, 1.807) is 18.3 Å². The molecule has 2 heterocycles. The highest BCUT2D eigenvalue weighted by Gasteiger charge is 2.60. The fraction of sp³-hybridized carbons (Fsp3) is 0.640. The van der Waals surface area contributed by atoms with Crippen LogP contribution in [0.3, 0.4) is 0 Å². The van der Waals surface area contributed by atoms with Crippen LogP contribution in [0, 0.1) is 28.6 Å². The molecule has 0 radical (unpaired) electrons. The van der Waals surface area contributed by atoms with E-state index in [-0.39, 0.29) is 28.7 Å². The molecule has 2 amide bonds. The number of hydrogen-bond acceptors (Lipinski definition) is 3. The molecule has 1 aromatic rings. The summed E-state index contributed by atoms with van der Waals surface area (Å²) in [5.41, 5.74) is 0.683. The van der Waals surface area contributed by atoms with Crippen molar-refractivity contribution < 1.29 is 9.59 Å². The first-order valence-electron chi connectivity index (χ1n) is 11.6. The van der Waals surface area contributed by atoms with Gasteiger partial charge in [0.2, 0.25) is 5.91 Å². The number of carbonyl (C=O) groups excluding carboxylic acids is 2. The molecule has 4 aliphatic rings. The Labute approximate surface area is 193 Å². The van der Waals surface area contributed by atoms with Crippen molar-refractivity contribution in [3.8, 4) is 0 Å². The second-order valence-electron chi connectivity index (χ2n) is 10.6. The van der Waals surface area contributed by atoms with Crippen molar-refractivity contribution in [2.45, 2.75) is 64.5 Å². The molecule has 3 aliphatic carbocycles. The van der Waals surface area contributed by atoms with E-state index in [0.29, 0.717) is 29.5 Å². The summed E-state index contributed by atoms with van der Waals surface area (Å²) in [6.07, 6.45) is 12.5. The third kappa shape index (κ3) is 3.20. The molecular weight excluding hydrogens is 454 g/mol. The molecule has 7 atom stereocenters. The van der Waals surface area contributed by atoms with E-state index in [0.717, 1.165) is 23.7 Å². The highest BCUT2D eigenvalue weighted by Crippen LogP contribution is 2.63. The monoisotopic (exact) mass is 485 g/mol. The predicted octanol–water partition coefficient (Wildman–Crippen LogP) is 4.58. The number of rotatable bonds is 2. The van der Waals surface area contributed by atoms with E-state index < -0.39 is 0 Å². The minimum atomic E-state index is -0.0625. The van der Waals surface area contributed by atoms with E-state index in [4.69, 9.17) is 0 Å². The van der Waals surface area contributed by atoms with Crippen LogP contribution in [0.15, 0.2) is 35.0 Å². The molecule has 3 fully saturated rings. The molecule has 0 saturated heterocycles. The van der Waals surface area contributed by atoms with Gasteiger partial charge < -0.3 is 10.2 Å². The lowest BCUT2D eigenvalue weighted by Crippen LogP contribution is -2.60. The molecule has 0 aromatic carbocycles. The maximum Gasteiger partial charge on any atom is 0.270 e. The normalized spacial score (nSPS) is 41.4. The first kappa shape index (κ1) is 21.2. The number of amides is 2. The quantitative estimate of drug-likeness (QED) is 0.666. The Morgan fingerprint density at radius 1 is 1.16 bits per heavy atom. The molecule has 0 spiro atoms. The van der Waals surface area contributed by atoms with Crippen molar-refractivity contribution in [1.29, 1.82) is 0 Å². The minimum absolute atomic E-state index is 0.0625. The number of pyridine rings is 1. The van der Waals surface area contributed by atoms with E-state index >= 15 is 0 Å². The third-order valence-electron chi connectivity index (χ3n) is 9.39. The fourth-order valence-corrected chi connectivity index (χ4v) is 7.95. The first-order valence-corrected chi connectivity index (χ1v) is 12.4. The lowest BCUT2D eigenvalue weighted by molar-refractivity contribution is -0.138. The number of carbonyl (C=O) groups is 2. The summed E-state index contributed by atoms with van der Waals surface area (Å²) in [5.74, 6) is 1.99. The maximum atomic E-state index is 12.9. The zero-order chi connectivity index (χ0) is 22.0. The molecule has 166 valence electrons. The number of hydrogen-bond donors (Lipinski definition) is 1. The van der Waals surface area contributed by atoms with E-state index in [9.17, 15) is 9.59 Å². The van der Waals surface area contributed by atoms with Crippen LogP contribution in [-0.4, -0.2) is 40.8 Å². The van der Waals surface area contributed by atoms with Crippen LogP contribution in [0.1, 0.15) is 62.9 Å². The Bertz CT molecular complexity index is 931. The molecular formula is C25H32BrN3O2. The Balaban J connectivity index is 1.36. The number of nitrogens with zero attached hydrogens (tertiary/aromatic N) is 2. The van der Waals surface area contributed by atoms with Gasteiger partial charge in [0, 0.05) is 35.2 Å². The lowest BCUT2D eigenvalue weighted by Gasteiger charge is -2.60. The van der Waals surface area contributed by atoms with Gasteiger partial charge in [0.05, 0.1) is 0 Å². The Morgan fingerprint density at radius 2 is 1.97 bits per heavy atom. The van der Waals surface area contributed by atoms with E-state index in [1.165, 1.54) is 19.3 Å². The number of likely N-dealkylation sites (N-methyl/N-ethyl adjacent to an activating group) is 1. The average molecular weight is 486 g/mol. The van der Waals surface area contributed by atoms with Crippen molar-refractivity contribution in [1.82, 2.24) is 15.2 Å². The smallest absolute Gasteiger partial charge is 0.270 e. The second-order valence-corrected chi connectivity index (χ2v) is 11.5. The van der Waals surface area contributed by atoms with Crippen molar-refractivity contribution >= 4 is 27.7 Å². The summed E-state index contributed by atoms with van der Waals surface area (Å²) >= 11 is 3.38. The molecule has 5 nitrogen and oxygen atoms in total. The summed E-state index contributed by atoms with van der Waals surface area (Å²) in [6, 6.07) is 4.16. The number of fused-ring (bicyclic) bond motifs is 5. The lowest BCUT2D eigenvalue weighted by atomic mass is 9.48. The van der Waals surface area contributed by atoms with E-state index in [1.807, 2.05) is 18.0 Å². The predicted molar refractivity (Wildman–Crippen MR) is 123 cm³/mol. The summed E-state index contributed by atoms with van der Waals surface area (Å²) in [4.78, 5) is 31.4. The average Bonchev–Trinajstić information content (AvgIpc) is 3.08. The van der Waals surface area contributed by atoms with Gasteiger partial charge in [-0.2, -0.15) is 0 Å². The summed E-state index contributed by atoms with van der Waals surface area (Å²) < 4.78 is 0.878. The van der Waals surface area contributed by atoms with Crippen LogP contribution < -0.4 is 5.32 Å². The van der Waals surface area contributed by atoms with Gasteiger partial charge in [0.25, 0.3) is 5.91 Å². The van der Waals surface area contributed by atoms with Gasteiger partial charge in [-0.25, -0.2) is 4.98 Å². The summed E-state index contributed by atoms with van der Waals surface area (Å²) in [7, 11) is 1.97. The van der Waals surface area contributed by atoms with Gasteiger partial charge in [-0.05, 0) is 95.8 Å². The Hall–Kier alpha value is -1.69. The SMILES string of the molecule is CN1C(=O)C=C[C@]2(C)[C@H]3CC[C@]4(C)[C@@H](NC(=O)c5ccc(Br)cn5)CC[C@H]4[C@@H]3CC[C@@H]12. The van der Waals surface area contributed by atoms with Crippen LogP contribution in [0.2, 0.25) is 0 Å². The van der Waals surface area contributed by atoms with Crippen molar-refractivity contribution in [3.05, 3.63) is 40.6 Å². The zero-order valence-corrected chi connectivity index (χ0v) is 20.2. The van der Waals surface area contributed by atoms with Crippen molar-refractivity contribution in [2.24, 2.45) is 28.6 Å². The second kappa shape index (κ2) is 7.43. The van der Waals surface area contributed by atoms with Crippen LogP contribution in [0.4, 0.5) is 0 Å². The maximum absolute atomic E-state index is 12.9. The molecule has 31 heavy (non-hydrogen) atoms. The molecule has 5 rings (SSSR count). The Morgan fingerprint density at radius 3 is 2.71 bits per heavy atom. The molecule has 1 aliphatic heterocycles. The number of nitrogens with one attached hydrogen (secondary N) is 1. The number of aromatic nitrogens is 1. The van der Waals surface area contributed by atoms with E-state index in [2.05, 4.69) is 46.2 Å². The van der Waals surface area contributed by atoms with Crippen LogP contribution in [0.5, 0.6) is 0 Å². The van der Waals surface area contributed by atoms with Crippen LogP contribution in [-0.2, 0) is 4.79 Å². The van der Waals surface area contributed by atoms with Gasteiger partial charge in [-0.3, -0.25) is 9.59 Å². The van der Waals surface area contributed by atoms with Crippen LogP contribution >= 0.6 is 15.9 Å². The molecule has 1 aromatic heterocycles. The highest BCUT2D eigenvalue weighted by molar-refractivity contribution is 9.10. The number of halogens is 1. The third-order valence-corrected chi connectivity index (χ3v) is 9.86. The van der Waals surface area contributed by atoms with Gasteiger partial charge in [0.1, 0.15) is 5.69 Å². The zero-order valence-electron chi connectivity index (χ0n) is 18.6. The fourth-order valence-electron chi connectivity index (χ4n) is 7.72. The summed E-state index contributed by atoms with van der Waals surface area (Å²) in [6.45, 7) is 4.78. The molecule has 0 bridgehead atoms. The molecule has 0 unspecified atom stereocenters. The van der Waals surface area contributed by atoms with Gasteiger partial charge in [0.15, 0.2) is 0 Å². The molecule has 3 saturated carbocycles. The van der Waals surface area contributed by atoms with Gasteiger partial charge in [-0.15, -0.1) is 0 Å². The standard InChI is InChI=1S/C25H32BrN3O2/c1-24-12-10-18-16(5-9-21-25(18,2)13-11-22(30)29(21)3)17(24)6-8-20(24)28-23(31)19-7-4-15(26)14-27-19/h4,7,11,13-14,16-18,20-21H,5-6,8-10,12H2,1-3H3,(H,28,31)/t16-,17-,18-,20-,21+,24-,25+/m0/s1. The Kier molecular flexibility index (Phi) is 5.07. The van der Waals surface area contributed by atoms with Gasteiger partial charge >= 0.3 is 0 Å². The van der Waals surface area contributed by atoms with Gasteiger partial charge in [-0.1, -0.05) is 19.9 Å². The topological polar surface area (TPSA) is 62.3 Å². The summed E-state index contributed by atoms with van der Waals surface area (Å²) in [5, 5.41) is 3.34. The van der Waals surface area contributed by atoms with Crippen molar-refractivity contribution in [3.63, 3.8) is 0 Å².